The van der Waals surface area contributed by atoms with E-state index in [4.69, 9.17) is 8.83 Å². The summed E-state index contributed by atoms with van der Waals surface area (Å²) in [4.78, 5) is 19.1. The van der Waals surface area contributed by atoms with Crippen molar-refractivity contribution in [2.45, 2.75) is 20.0 Å². The highest BCUT2D eigenvalue weighted by molar-refractivity contribution is 5.60. The minimum Gasteiger partial charge on any atom is -0.467 e. The van der Waals surface area contributed by atoms with Gasteiger partial charge in [-0.15, -0.1) is 0 Å². The molecule has 124 valence electrons. The summed E-state index contributed by atoms with van der Waals surface area (Å²) < 4.78 is 10.4. The van der Waals surface area contributed by atoms with Gasteiger partial charge in [-0.2, -0.15) is 4.98 Å². The van der Waals surface area contributed by atoms with Crippen molar-refractivity contribution in [1.82, 2.24) is 9.97 Å². The molecule has 0 aliphatic rings. The first kappa shape index (κ1) is 15.5. The Kier molecular flexibility index (Phi) is 4.41. The second-order valence-electron chi connectivity index (χ2n) is 4.95. The van der Waals surface area contributed by atoms with Crippen molar-refractivity contribution in [3.63, 3.8) is 0 Å². The van der Waals surface area contributed by atoms with Gasteiger partial charge in [0.15, 0.2) is 0 Å². The third-order valence-electron chi connectivity index (χ3n) is 3.25. The molecule has 0 spiro atoms. The number of anilines is 2. The minimum absolute atomic E-state index is 0.130. The fourth-order valence-electron chi connectivity index (χ4n) is 2.15. The lowest BCUT2D eigenvalue weighted by Crippen LogP contribution is -2.11. The predicted molar refractivity (Wildman–Crippen MR) is 85.5 cm³/mol. The summed E-state index contributed by atoms with van der Waals surface area (Å²) >= 11 is 0. The van der Waals surface area contributed by atoms with Crippen LogP contribution < -0.4 is 10.6 Å². The van der Waals surface area contributed by atoms with Crippen LogP contribution in [0.2, 0.25) is 0 Å². The Morgan fingerprint density at radius 2 is 1.71 bits per heavy atom. The number of nitrogens with one attached hydrogen (secondary N) is 2. The first-order valence-electron chi connectivity index (χ1n) is 7.19. The average Bonchev–Trinajstić information content (AvgIpc) is 3.23. The van der Waals surface area contributed by atoms with Gasteiger partial charge in [-0.25, -0.2) is 4.98 Å². The lowest BCUT2D eigenvalue weighted by atomic mass is 10.3. The van der Waals surface area contributed by atoms with Crippen molar-refractivity contribution >= 4 is 17.5 Å². The molecule has 0 saturated carbocycles. The number of aromatic nitrogens is 2. The Hall–Kier alpha value is -3.36. The summed E-state index contributed by atoms with van der Waals surface area (Å²) in [6.07, 6.45) is 3.10. The topological polar surface area (TPSA) is 119 Å². The van der Waals surface area contributed by atoms with Gasteiger partial charge < -0.3 is 19.5 Å². The number of nitro groups is 1. The van der Waals surface area contributed by atoms with Crippen LogP contribution in [0.25, 0.3) is 0 Å². The summed E-state index contributed by atoms with van der Waals surface area (Å²) in [6.45, 7) is 2.22. The zero-order valence-electron chi connectivity index (χ0n) is 12.9. The maximum Gasteiger partial charge on any atom is 0.332 e. The Morgan fingerprint density at radius 1 is 1.08 bits per heavy atom. The van der Waals surface area contributed by atoms with E-state index in [9.17, 15) is 10.1 Å². The molecule has 0 aromatic carbocycles. The van der Waals surface area contributed by atoms with Gasteiger partial charge in [-0.3, -0.25) is 10.1 Å². The monoisotopic (exact) mass is 329 g/mol. The molecule has 3 heterocycles. The molecule has 0 fully saturated rings. The number of rotatable bonds is 7. The van der Waals surface area contributed by atoms with Gasteiger partial charge in [0.2, 0.25) is 11.8 Å². The smallest absolute Gasteiger partial charge is 0.332 e. The van der Waals surface area contributed by atoms with Crippen molar-refractivity contribution < 1.29 is 13.8 Å². The molecule has 3 rings (SSSR count). The van der Waals surface area contributed by atoms with E-state index in [1.54, 1.807) is 37.5 Å². The van der Waals surface area contributed by atoms with Crippen molar-refractivity contribution in [2.75, 3.05) is 10.6 Å². The largest absolute Gasteiger partial charge is 0.467 e. The Bertz CT molecular complexity index is 815. The molecule has 0 aliphatic heterocycles. The van der Waals surface area contributed by atoms with Gasteiger partial charge in [-0.05, 0) is 31.2 Å². The molecule has 3 aromatic rings. The zero-order valence-corrected chi connectivity index (χ0v) is 12.9. The van der Waals surface area contributed by atoms with Gasteiger partial charge in [-0.1, -0.05) is 0 Å². The van der Waals surface area contributed by atoms with Gasteiger partial charge in [0.05, 0.1) is 30.5 Å². The average molecular weight is 329 g/mol. The molecule has 0 radical (unpaired) electrons. The number of hydrogen-bond acceptors (Lipinski definition) is 8. The first-order chi connectivity index (χ1) is 11.6. The summed E-state index contributed by atoms with van der Waals surface area (Å²) in [5, 5.41) is 17.2. The van der Waals surface area contributed by atoms with Crippen LogP contribution in [0.5, 0.6) is 0 Å². The molecule has 0 saturated heterocycles. The fraction of sp³-hybridized carbons (Fsp3) is 0.200. The molecule has 0 unspecified atom stereocenters. The molecule has 0 atom stereocenters. The minimum atomic E-state index is -0.504. The summed E-state index contributed by atoms with van der Waals surface area (Å²) in [6, 6.07) is 7.09. The third-order valence-corrected chi connectivity index (χ3v) is 3.25. The Labute approximate surface area is 136 Å². The first-order valence-corrected chi connectivity index (χ1v) is 7.19. The zero-order chi connectivity index (χ0) is 16.9. The lowest BCUT2D eigenvalue weighted by molar-refractivity contribution is -0.385. The van der Waals surface area contributed by atoms with E-state index >= 15 is 0 Å². The van der Waals surface area contributed by atoms with Crippen LogP contribution in [0.4, 0.5) is 17.5 Å². The molecule has 9 nitrogen and oxygen atoms in total. The SMILES string of the molecule is Cc1nc(NCc2ccco2)nc(NCc2ccco2)c1[N+](=O)[O-]. The highest BCUT2D eigenvalue weighted by atomic mass is 16.6. The summed E-state index contributed by atoms with van der Waals surface area (Å²) in [5.41, 5.74) is 0.101. The van der Waals surface area contributed by atoms with E-state index in [0.717, 1.165) is 0 Å². The quantitative estimate of drug-likeness (QED) is 0.501. The normalized spacial score (nSPS) is 10.5. The van der Waals surface area contributed by atoms with Crippen molar-refractivity contribution in [1.29, 1.82) is 0 Å². The Balaban J connectivity index is 1.81. The maximum absolute atomic E-state index is 11.3. The number of furan rings is 2. The van der Waals surface area contributed by atoms with Crippen molar-refractivity contribution in [2.24, 2.45) is 0 Å². The predicted octanol–water partition coefficient (Wildman–Crippen LogP) is 3.10. The number of hydrogen-bond donors (Lipinski definition) is 2. The van der Waals surface area contributed by atoms with E-state index in [-0.39, 0.29) is 29.7 Å². The van der Waals surface area contributed by atoms with E-state index in [1.807, 2.05) is 0 Å². The second kappa shape index (κ2) is 6.82. The van der Waals surface area contributed by atoms with Crippen LogP contribution >= 0.6 is 0 Å². The van der Waals surface area contributed by atoms with Gasteiger partial charge in [0, 0.05) is 0 Å². The molecular weight excluding hydrogens is 314 g/mol. The van der Waals surface area contributed by atoms with E-state index in [0.29, 0.717) is 18.1 Å². The van der Waals surface area contributed by atoms with E-state index in [2.05, 4.69) is 20.6 Å². The second-order valence-corrected chi connectivity index (χ2v) is 4.95. The van der Waals surface area contributed by atoms with Gasteiger partial charge >= 0.3 is 5.69 Å². The van der Waals surface area contributed by atoms with Crippen LogP contribution in [0, 0.1) is 17.0 Å². The molecule has 24 heavy (non-hydrogen) atoms. The van der Waals surface area contributed by atoms with Crippen LogP contribution in [0.3, 0.4) is 0 Å². The highest BCUT2D eigenvalue weighted by Gasteiger charge is 2.22. The van der Waals surface area contributed by atoms with Crippen molar-refractivity contribution in [3.05, 3.63) is 64.1 Å². The fourth-order valence-corrected chi connectivity index (χ4v) is 2.15. The molecule has 0 amide bonds. The molecular formula is C15H15N5O4. The Morgan fingerprint density at radius 3 is 2.25 bits per heavy atom. The number of aryl methyl sites for hydroxylation is 1. The summed E-state index contributed by atoms with van der Waals surface area (Å²) in [7, 11) is 0. The maximum atomic E-state index is 11.3. The van der Waals surface area contributed by atoms with Crippen LogP contribution in [0.15, 0.2) is 45.6 Å². The highest BCUT2D eigenvalue weighted by Crippen LogP contribution is 2.27. The number of nitrogens with zero attached hydrogens (tertiary/aromatic N) is 3. The van der Waals surface area contributed by atoms with Crippen LogP contribution in [-0.2, 0) is 13.1 Å². The molecule has 0 aliphatic carbocycles. The summed E-state index contributed by atoms with van der Waals surface area (Å²) in [5.74, 6) is 1.76. The lowest BCUT2D eigenvalue weighted by Gasteiger charge is -2.09. The standard InChI is InChI=1S/C15H15N5O4/c1-10-13(20(21)22)14(16-8-11-4-2-6-23-11)19-15(18-10)17-9-12-5-3-7-24-12/h2-7H,8-9H2,1H3,(H2,16,17,18,19). The van der Waals surface area contributed by atoms with E-state index < -0.39 is 4.92 Å². The van der Waals surface area contributed by atoms with Gasteiger partial charge in [0.1, 0.15) is 17.2 Å². The van der Waals surface area contributed by atoms with Gasteiger partial charge in [0.25, 0.3) is 0 Å². The molecule has 0 bridgehead atoms. The third kappa shape index (κ3) is 3.51. The van der Waals surface area contributed by atoms with E-state index in [1.165, 1.54) is 6.26 Å². The van der Waals surface area contributed by atoms with Crippen LogP contribution in [-0.4, -0.2) is 14.9 Å². The van der Waals surface area contributed by atoms with Crippen LogP contribution in [0.1, 0.15) is 17.2 Å². The molecule has 2 N–H and O–H groups in total. The molecule has 9 heteroatoms. The molecule has 3 aromatic heterocycles. The van der Waals surface area contributed by atoms with Crippen molar-refractivity contribution in [3.8, 4) is 0 Å².